The number of pyridine rings is 1. The monoisotopic (exact) mass is 439 g/mol. The molecule has 1 unspecified atom stereocenters. The van der Waals surface area contributed by atoms with Crippen LogP contribution in [0.5, 0.6) is 0 Å². The molecule has 0 fully saturated rings. The zero-order valence-electron chi connectivity index (χ0n) is 19.4. The number of hydrogen-bond acceptors (Lipinski definition) is 3. The second kappa shape index (κ2) is 9.46. The van der Waals surface area contributed by atoms with Crippen molar-refractivity contribution in [3.05, 3.63) is 104 Å². The lowest BCUT2D eigenvalue weighted by Crippen LogP contribution is -2.34. The van der Waals surface area contributed by atoms with Gasteiger partial charge in [-0.1, -0.05) is 54.1 Å². The van der Waals surface area contributed by atoms with Gasteiger partial charge in [-0.05, 0) is 67.9 Å². The number of aryl methyl sites for hydroxylation is 3. The first-order valence-electron chi connectivity index (χ1n) is 11.4. The van der Waals surface area contributed by atoms with Crippen molar-refractivity contribution in [3.63, 3.8) is 0 Å². The molecule has 33 heavy (non-hydrogen) atoms. The molecule has 0 spiro atoms. The first-order chi connectivity index (χ1) is 15.9. The van der Waals surface area contributed by atoms with Gasteiger partial charge in [0.2, 0.25) is 5.91 Å². The van der Waals surface area contributed by atoms with Crippen molar-refractivity contribution in [2.75, 3.05) is 0 Å². The topological polar surface area (TPSA) is 77.0 Å². The van der Waals surface area contributed by atoms with Gasteiger partial charge >= 0.3 is 0 Å². The largest absolute Gasteiger partial charge is 0.331 e. The minimum absolute atomic E-state index is 0.0578. The fraction of sp³-hybridized carbons (Fsp3) is 0.321. The number of amides is 1. The molecule has 4 rings (SSSR count). The molecule has 0 bridgehead atoms. The Bertz CT molecular complexity index is 1280. The van der Waals surface area contributed by atoms with Gasteiger partial charge in [-0.3, -0.25) is 9.59 Å². The van der Waals surface area contributed by atoms with Gasteiger partial charge < -0.3 is 9.88 Å². The van der Waals surface area contributed by atoms with Crippen LogP contribution in [-0.2, 0) is 24.2 Å². The van der Waals surface area contributed by atoms with E-state index in [-0.39, 0.29) is 23.1 Å². The molecule has 168 valence electrons. The number of benzene rings is 2. The van der Waals surface area contributed by atoms with Crippen LogP contribution in [0.1, 0.15) is 63.5 Å². The van der Waals surface area contributed by atoms with Gasteiger partial charge in [0, 0.05) is 18.7 Å². The zero-order valence-corrected chi connectivity index (χ0v) is 19.4. The molecule has 1 aliphatic rings. The van der Waals surface area contributed by atoms with Crippen LogP contribution >= 0.6 is 0 Å². The Morgan fingerprint density at radius 1 is 1.12 bits per heavy atom. The highest BCUT2D eigenvalue weighted by Gasteiger charge is 2.31. The van der Waals surface area contributed by atoms with Crippen molar-refractivity contribution in [2.24, 2.45) is 0 Å². The van der Waals surface area contributed by atoms with Crippen LogP contribution in [0.15, 0.2) is 53.3 Å². The molecule has 0 saturated heterocycles. The molecular formula is C28H29N3O2. The summed E-state index contributed by atoms with van der Waals surface area (Å²) in [6.45, 7) is 6.24. The average molecular weight is 440 g/mol. The number of aromatic amines is 1. The highest BCUT2D eigenvalue weighted by Crippen LogP contribution is 2.37. The summed E-state index contributed by atoms with van der Waals surface area (Å²) in [7, 11) is 0. The maximum atomic E-state index is 13.6. The summed E-state index contributed by atoms with van der Waals surface area (Å²) in [5.74, 6) is 0.0841. The third kappa shape index (κ3) is 4.61. The van der Waals surface area contributed by atoms with Gasteiger partial charge in [0.05, 0.1) is 6.04 Å². The second-order valence-corrected chi connectivity index (χ2v) is 8.93. The number of nitriles is 1. The van der Waals surface area contributed by atoms with Crippen LogP contribution in [0, 0.1) is 32.1 Å². The van der Waals surface area contributed by atoms with E-state index in [4.69, 9.17) is 0 Å². The summed E-state index contributed by atoms with van der Waals surface area (Å²) in [5.41, 5.74) is 6.89. The lowest BCUT2D eigenvalue weighted by Gasteiger charge is -2.30. The Morgan fingerprint density at radius 3 is 2.58 bits per heavy atom. The normalized spacial score (nSPS) is 14.5. The Morgan fingerprint density at radius 2 is 1.85 bits per heavy atom. The third-order valence-corrected chi connectivity index (χ3v) is 6.78. The molecule has 5 heteroatoms. The summed E-state index contributed by atoms with van der Waals surface area (Å²) in [4.78, 5) is 30.4. The zero-order chi connectivity index (χ0) is 23.5. The van der Waals surface area contributed by atoms with Crippen molar-refractivity contribution < 1.29 is 4.79 Å². The van der Waals surface area contributed by atoms with Crippen molar-refractivity contribution in [1.29, 1.82) is 5.26 Å². The molecule has 0 saturated carbocycles. The number of nitrogens with one attached hydrogen (secondary N) is 1. The number of rotatable bonds is 6. The van der Waals surface area contributed by atoms with Gasteiger partial charge in [0.1, 0.15) is 11.6 Å². The maximum absolute atomic E-state index is 13.6. The van der Waals surface area contributed by atoms with E-state index in [1.165, 1.54) is 16.7 Å². The Kier molecular flexibility index (Phi) is 6.46. The fourth-order valence-electron chi connectivity index (χ4n) is 4.92. The maximum Gasteiger partial charge on any atom is 0.266 e. The number of H-pyrrole nitrogens is 1. The van der Waals surface area contributed by atoms with Gasteiger partial charge in [-0.25, -0.2) is 0 Å². The number of aromatic nitrogens is 1. The van der Waals surface area contributed by atoms with Gasteiger partial charge in [0.25, 0.3) is 5.56 Å². The Labute approximate surface area is 194 Å². The number of nitrogens with zero attached hydrogens (tertiary/aromatic N) is 2. The average Bonchev–Trinajstić information content (AvgIpc) is 3.22. The van der Waals surface area contributed by atoms with Crippen molar-refractivity contribution >= 4 is 5.91 Å². The molecule has 5 nitrogen and oxygen atoms in total. The molecule has 0 aliphatic heterocycles. The highest BCUT2D eigenvalue weighted by molar-refractivity contribution is 5.77. The summed E-state index contributed by atoms with van der Waals surface area (Å²) < 4.78 is 0. The predicted molar refractivity (Wildman–Crippen MR) is 129 cm³/mol. The summed E-state index contributed by atoms with van der Waals surface area (Å²) >= 11 is 0. The fourth-order valence-corrected chi connectivity index (χ4v) is 4.92. The van der Waals surface area contributed by atoms with E-state index in [0.717, 1.165) is 29.7 Å². The molecule has 2 aromatic carbocycles. The molecule has 0 radical (unpaired) electrons. The quantitative estimate of drug-likeness (QED) is 0.598. The van der Waals surface area contributed by atoms with Crippen molar-refractivity contribution in [3.8, 4) is 6.07 Å². The molecular weight excluding hydrogens is 410 g/mol. The van der Waals surface area contributed by atoms with Gasteiger partial charge in [0.15, 0.2) is 0 Å². The van der Waals surface area contributed by atoms with Crippen molar-refractivity contribution in [1.82, 2.24) is 9.88 Å². The second-order valence-electron chi connectivity index (χ2n) is 8.93. The predicted octanol–water partition coefficient (Wildman–Crippen LogP) is 4.82. The summed E-state index contributed by atoms with van der Waals surface area (Å²) in [6.07, 6.45) is 2.71. The van der Waals surface area contributed by atoms with Gasteiger partial charge in [-0.2, -0.15) is 5.26 Å². The third-order valence-electron chi connectivity index (χ3n) is 6.78. The smallest absolute Gasteiger partial charge is 0.266 e. The van der Waals surface area contributed by atoms with Crippen LogP contribution in [0.3, 0.4) is 0 Å². The Hall–Kier alpha value is -3.65. The van der Waals surface area contributed by atoms with E-state index in [9.17, 15) is 14.9 Å². The molecule has 3 aromatic rings. The van der Waals surface area contributed by atoms with E-state index >= 15 is 0 Å². The van der Waals surface area contributed by atoms with E-state index in [1.807, 2.05) is 24.0 Å². The number of carbonyl (C=O) groups excluding carboxylic acids is 1. The first kappa shape index (κ1) is 22.5. The number of carbonyl (C=O) groups is 1. The van der Waals surface area contributed by atoms with E-state index in [2.05, 4.69) is 54.4 Å². The van der Waals surface area contributed by atoms with Crippen LogP contribution in [0.25, 0.3) is 0 Å². The van der Waals surface area contributed by atoms with E-state index < -0.39 is 0 Å². The minimum Gasteiger partial charge on any atom is -0.331 e. The summed E-state index contributed by atoms with van der Waals surface area (Å²) in [6, 6.07) is 18.8. The SMILES string of the molecule is Cc1ccc(CN(C(=O)CCc2c(C)[nH]c(=O)c(C#N)c2C)C2CCc3ccccc32)cc1. The molecule has 1 amide bonds. The molecule has 1 aliphatic carbocycles. The van der Waals surface area contributed by atoms with Crippen LogP contribution < -0.4 is 5.56 Å². The summed E-state index contributed by atoms with van der Waals surface area (Å²) in [5, 5.41) is 9.36. The van der Waals surface area contributed by atoms with Crippen LogP contribution in [0.4, 0.5) is 0 Å². The van der Waals surface area contributed by atoms with Crippen LogP contribution in [-0.4, -0.2) is 15.8 Å². The van der Waals surface area contributed by atoms with E-state index in [0.29, 0.717) is 24.9 Å². The molecule has 1 atom stereocenters. The highest BCUT2D eigenvalue weighted by atomic mass is 16.2. The number of hydrogen-bond donors (Lipinski definition) is 1. The van der Waals surface area contributed by atoms with E-state index in [1.54, 1.807) is 6.92 Å². The Balaban J connectivity index is 1.61. The standard InChI is InChI=1S/C28H29N3O2/c1-18-8-10-21(11-9-18)17-31(26-14-12-22-6-4-5-7-24(22)26)27(32)15-13-23-19(2)25(16-29)28(33)30-20(23)3/h4-11,26H,12-15,17H2,1-3H3,(H,30,33). The molecule has 1 heterocycles. The molecule has 1 N–H and O–H groups in total. The van der Waals surface area contributed by atoms with Gasteiger partial charge in [-0.15, -0.1) is 0 Å². The van der Waals surface area contributed by atoms with Crippen molar-refractivity contribution in [2.45, 2.75) is 59.0 Å². The van der Waals surface area contributed by atoms with Crippen LogP contribution in [0.2, 0.25) is 0 Å². The first-order valence-corrected chi connectivity index (χ1v) is 11.4. The number of fused-ring (bicyclic) bond motifs is 1. The lowest BCUT2D eigenvalue weighted by atomic mass is 9.98. The molecule has 1 aromatic heterocycles. The lowest BCUT2D eigenvalue weighted by molar-refractivity contribution is -0.134. The minimum atomic E-state index is -0.369.